The van der Waals surface area contributed by atoms with Gasteiger partial charge in [-0.25, -0.2) is 0 Å². The predicted octanol–water partition coefficient (Wildman–Crippen LogP) is 2.33. The molecule has 2 heteroatoms. The van der Waals surface area contributed by atoms with E-state index < -0.39 is 0 Å². The van der Waals surface area contributed by atoms with Crippen molar-refractivity contribution in [2.75, 3.05) is 19.3 Å². The molecule has 0 aliphatic heterocycles. The molecule has 0 aliphatic rings. The Morgan fingerprint density at radius 1 is 1.45 bits per heavy atom. The molecule has 0 saturated heterocycles. The van der Waals surface area contributed by atoms with Crippen LogP contribution in [0.1, 0.15) is 33.1 Å². The molecular formula is C9H21NS. The van der Waals surface area contributed by atoms with Crippen LogP contribution in [-0.2, 0) is 0 Å². The largest absolute Gasteiger partial charge is 0.320 e. The van der Waals surface area contributed by atoms with Crippen molar-refractivity contribution >= 4 is 12.6 Å². The lowest BCUT2D eigenvalue weighted by molar-refractivity contribution is 0.321. The van der Waals surface area contributed by atoms with Crippen LogP contribution in [0, 0.1) is 5.41 Å². The zero-order valence-corrected chi connectivity index (χ0v) is 8.88. The topological polar surface area (TPSA) is 12.0 Å². The number of nitrogens with one attached hydrogen (secondary N) is 1. The zero-order valence-electron chi connectivity index (χ0n) is 7.98. The van der Waals surface area contributed by atoms with Crippen molar-refractivity contribution < 1.29 is 0 Å². The highest BCUT2D eigenvalue weighted by atomic mass is 32.1. The summed E-state index contributed by atoms with van der Waals surface area (Å²) < 4.78 is 0. The van der Waals surface area contributed by atoms with Crippen molar-refractivity contribution in [2.45, 2.75) is 33.1 Å². The molecule has 0 rings (SSSR count). The van der Waals surface area contributed by atoms with Gasteiger partial charge in [-0.3, -0.25) is 0 Å². The van der Waals surface area contributed by atoms with Gasteiger partial charge in [0.1, 0.15) is 0 Å². The molecule has 1 N–H and O–H groups in total. The second-order valence-electron chi connectivity index (χ2n) is 3.53. The monoisotopic (exact) mass is 175 g/mol. The van der Waals surface area contributed by atoms with Crippen LogP contribution in [0.3, 0.4) is 0 Å². The lowest BCUT2D eigenvalue weighted by Crippen LogP contribution is -2.19. The molecule has 1 unspecified atom stereocenters. The quantitative estimate of drug-likeness (QED) is 0.466. The van der Waals surface area contributed by atoms with Crippen LogP contribution in [0.15, 0.2) is 0 Å². The van der Waals surface area contributed by atoms with E-state index in [-0.39, 0.29) is 0 Å². The van der Waals surface area contributed by atoms with Crippen molar-refractivity contribution in [3.63, 3.8) is 0 Å². The van der Waals surface area contributed by atoms with Crippen molar-refractivity contribution in [2.24, 2.45) is 5.41 Å². The molecule has 0 aromatic carbocycles. The van der Waals surface area contributed by atoms with Crippen molar-refractivity contribution in [3.8, 4) is 0 Å². The third-order valence-electron chi connectivity index (χ3n) is 2.44. The maximum absolute atomic E-state index is 4.36. The molecule has 11 heavy (non-hydrogen) atoms. The van der Waals surface area contributed by atoms with Crippen LogP contribution in [0.5, 0.6) is 0 Å². The fourth-order valence-electron chi connectivity index (χ4n) is 1.06. The molecule has 0 aliphatic carbocycles. The van der Waals surface area contributed by atoms with E-state index in [0.717, 1.165) is 12.3 Å². The lowest BCUT2D eigenvalue weighted by Gasteiger charge is -2.25. The van der Waals surface area contributed by atoms with E-state index in [1.54, 1.807) is 0 Å². The first-order valence-corrected chi connectivity index (χ1v) is 5.07. The van der Waals surface area contributed by atoms with E-state index in [1.165, 1.54) is 19.3 Å². The van der Waals surface area contributed by atoms with Gasteiger partial charge >= 0.3 is 0 Å². The van der Waals surface area contributed by atoms with Gasteiger partial charge < -0.3 is 5.32 Å². The Kier molecular flexibility index (Phi) is 6.06. The van der Waals surface area contributed by atoms with E-state index in [2.05, 4.69) is 31.8 Å². The van der Waals surface area contributed by atoms with Gasteiger partial charge in [0.25, 0.3) is 0 Å². The molecule has 1 atom stereocenters. The number of rotatable bonds is 6. The van der Waals surface area contributed by atoms with Gasteiger partial charge in [-0.1, -0.05) is 13.8 Å². The van der Waals surface area contributed by atoms with Crippen LogP contribution in [0.4, 0.5) is 0 Å². The third kappa shape index (κ3) is 4.70. The molecule has 1 nitrogen and oxygen atoms in total. The highest BCUT2D eigenvalue weighted by Gasteiger charge is 2.18. The first-order valence-electron chi connectivity index (χ1n) is 4.44. The van der Waals surface area contributed by atoms with E-state index in [1.807, 2.05) is 7.05 Å². The van der Waals surface area contributed by atoms with Gasteiger partial charge in [0.15, 0.2) is 0 Å². The van der Waals surface area contributed by atoms with Crippen LogP contribution < -0.4 is 5.32 Å². The Hall–Kier alpha value is 0.310. The Morgan fingerprint density at radius 3 is 2.45 bits per heavy atom. The fraction of sp³-hybridized carbons (Fsp3) is 1.00. The highest BCUT2D eigenvalue weighted by Crippen LogP contribution is 2.28. The summed E-state index contributed by atoms with van der Waals surface area (Å²) in [6.45, 7) is 5.69. The van der Waals surface area contributed by atoms with E-state index in [4.69, 9.17) is 0 Å². The SMILES string of the molecule is CCC(C)(CS)CCCNC. The summed E-state index contributed by atoms with van der Waals surface area (Å²) >= 11 is 4.36. The maximum Gasteiger partial charge on any atom is -0.00439 e. The summed E-state index contributed by atoms with van der Waals surface area (Å²) in [5.74, 6) is 1.01. The Bertz CT molecular complexity index is 89.6. The lowest BCUT2D eigenvalue weighted by atomic mass is 9.85. The minimum atomic E-state index is 0.458. The second kappa shape index (κ2) is 5.90. The summed E-state index contributed by atoms with van der Waals surface area (Å²) in [6.07, 6.45) is 3.79. The molecule has 0 aromatic rings. The minimum Gasteiger partial charge on any atom is -0.320 e. The summed E-state index contributed by atoms with van der Waals surface area (Å²) in [4.78, 5) is 0. The van der Waals surface area contributed by atoms with E-state index in [0.29, 0.717) is 5.41 Å². The van der Waals surface area contributed by atoms with Crippen LogP contribution in [0.25, 0.3) is 0 Å². The average Bonchev–Trinajstić information content (AvgIpc) is 2.05. The molecule has 0 spiro atoms. The average molecular weight is 175 g/mol. The Morgan fingerprint density at radius 2 is 2.09 bits per heavy atom. The van der Waals surface area contributed by atoms with Gasteiger partial charge in [0.05, 0.1) is 0 Å². The summed E-state index contributed by atoms with van der Waals surface area (Å²) in [5.41, 5.74) is 0.458. The van der Waals surface area contributed by atoms with Gasteiger partial charge in [-0.15, -0.1) is 0 Å². The van der Waals surface area contributed by atoms with Gasteiger partial charge in [-0.2, -0.15) is 12.6 Å². The molecular weight excluding hydrogens is 154 g/mol. The van der Waals surface area contributed by atoms with Crippen LogP contribution in [-0.4, -0.2) is 19.3 Å². The Labute approximate surface area is 76.4 Å². The minimum absolute atomic E-state index is 0.458. The zero-order chi connectivity index (χ0) is 8.74. The van der Waals surface area contributed by atoms with E-state index in [9.17, 15) is 0 Å². The first-order chi connectivity index (χ1) is 5.18. The third-order valence-corrected chi connectivity index (χ3v) is 3.21. The molecule has 0 heterocycles. The Balaban J connectivity index is 3.51. The van der Waals surface area contributed by atoms with Crippen molar-refractivity contribution in [1.82, 2.24) is 5.32 Å². The predicted molar refractivity (Wildman–Crippen MR) is 55.4 cm³/mol. The normalized spacial score (nSPS) is 16.4. The summed E-state index contributed by atoms with van der Waals surface area (Å²) in [7, 11) is 2.00. The summed E-state index contributed by atoms with van der Waals surface area (Å²) in [6, 6.07) is 0. The van der Waals surface area contributed by atoms with Crippen LogP contribution >= 0.6 is 12.6 Å². The smallest absolute Gasteiger partial charge is 0.00439 e. The molecule has 0 amide bonds. The van der Waals surface area contributed by atoms with E-state index >= 15 is 0 Å². The maximum atomic E-state index is 4.36. The molecule has 0 saturated carbocycles. The highest BCUT2D eigenvalue weighted by molar-refractivity contribution is 7.80. The molecule has 68 valence electrons. The number of hydrogen-bond acceptors (Lipinski definition) is 2. The summed E-state index contributed by atoms with van der Waals surface area (Å²) in [5, 5.41) is 3.16. The van der Waals surface area contributed by atoms with Crippen molar-refractivity contribution in [1.29, 1.82) is 0 Å². The molecule has 0 bridgehead atoms. The van der Waals surface area contributed by atoms with Gasteiger partial charge in [-0.05, 0) is 44.0 Å². The molecule has 0 radical (unpaired) electrons. The van der Waals surface area contributed by atoms with Crippen molar-refractivity contribution in [3.05, 3.63) is 0 Å². The molecule has 0 fully saturated rings. The fourth-order valence-corrected chi connectivity index (χ4v) is 1.44. The first kappa shape index (κ1) is 11.3. The number of hydrogen-bond donors (Lipinski definition) is 2. The molecule has 0 aromatic heterocycles. The standard InChI is InChI=1S/C9H21NS/c1-4-9(2,8-11)6-5-7-10-3/h10-11H,4-8H2,1-3H3. The number of thiol groups is 1. The van der Waals surface area contributed by atoms with Gasteiger partial charge in [0, 0.05) is 0 Å². The van der Waals surface area contributed by atoms with Crippen LogP contribution in [0.2, 0.25) is 0 Å². The van der Waals surface area contributed by atoms with Gasteiger partial charge in [0.2, 0.25) is 0 Å². The second-order valence-corrected chi connectivity index (χ2v) is 3.85.